The van der Waals surface area contributed by atoms with E-state index in [1.54, 1.807) is 0 Å². The Hall–Kier alpha value is -1.29. The molecule has 0 radical (unpaired) electrons. The number of nitrogen functional groups attached to an aromatic ring is 1. The Morgan fingerprint density at radius 1 is 1.43 bits per heavy atom. The van der Waals surface area contributed by atoms with Crippen molar-refractivity contribution in [2.45, 2.75) is 19.3 Å². The molecule has 0 saturated carbocycles. The van der Waals surface area contributed by atoms with E-state index in [0.29, 0.717) is 16.4 Å². The van der Waals surface area contributed by atoms with Crippen molar-refractivity contribution in [3.05, 3.63) is 17.2 Å². The molecule has 14 heavy (non-hydrogen) atoms. The highest BCUT2D eigenvalue weighted by atomic mass is 32.1. The number of rotatable bonds is 0. The second kappa shape index (κ2) is 2.60. The summed E-state index contributed by atoms with van der Waals surface area (Å²) in [5.41, 5.74) is 8.62. The highest BCUT2D eigenvalue weighted by Gasteiger charge is 2.19. The fraction of sp³-hybridized carbons (Fsp3) is 0.300. The molecular weight excluding hydrogens is 196 g/mol. The number of phenols is 1. The van der Waals surface area contributed by atoms with Crippen molar-refractivity contribution in [1.82, 2.24) is 4.98 Å². The zero-order chi connectivity index (χ0) is 9.71. The van der Waals surface area contributed by atoms with E-state index >= 15 is 0 Å². The summed E-state index contributed by atoms with van der Waals surface area (Å²) in [6.07, 6.45) is 3.17. The largest absolute Gasteiger partial charge is 0.505 e. The van der Waals surface area contributed by atoms with Gasteiger partial charge < -0.3 is 10.8 Å². The first-order valence-electron chi connectivity index (χ1n) is 4.65. The van der Waals surface area contributed by atoms with Crippen molar-refractivity contribution in [2.24, 2.45) is 0 Å². The van der Waals surface area contributed by atoms with Crippen LogP contribution in [0.15, 0.2) is 6.07 Å². The Morgan fingerprint density at radius 2 is 2.29 bits per heavy atom. The minimum Gasteiger partial charge on any atom is -0.505 e. The van der Waals surface area contributed by atoms with Gasteiger partial charge in [0.1, 0.15) is 11.3 Å². The lowest BCUT2D eigenvalue weighted by Crippen LogP contribution is -1.85. The molecule has 1 aliphatic carbocycles. The number of hydrogen-bond donors (Lipinski definition) is 2. The van der Waals surface area contributed by atoms with E-state index in [0.717, 1.165) is 29.5 Å². The summed E-state index contributed by atoms with van der Waals surface area (Å²) in [7, 11) is 0. The number of hydrogen-bond acceptors (Lipinski definition) is 4. The molecule has 72 valence electrons. The standard InChI is InChI=1S/C10H10N2OS/c11-10-12-8-7(14-10)4-5-2-1-3-6(5)9(8)13/h4,13H,1-3H2,(H2,11,12). The smallest absolute Gasteiger partial charge is 0.181 e. The third-order valence-electron chi connectivity index (χ3n) is 2.75. The number of anilines is 1. The maximum atomic E-state index is 9.97. The van der Waals surface area contributed by atoms with Gasteiger partial charge in [0.05, 0.1) is 4.70 Å². The molecule has 0 bridgehead atoms. The molecule has 1 aromatic carbocycles. The predicted octanol–water partition coefficient (Wildman–Crippen LogP) is 2.07. The van der Waals surface area contributed by atoms with Gasteiger partial charge in [-0.15, -0.1) is 0 Å². The maximum absolute atomic E-state index is 9.97. The van der Waals surface area contributed by atoms with Gasteiger partial charge in [-0.1, -0.05) is 11.3 Å². The van der Waals surface area contributed by atoms with Crippen molar-refractivity contribution in [2.75, 3.05) is 5.73 Å². The number of aromatic nitrogens is 1. The summed E-state index contributed by atoms with van der Waals surface area (Å²) in [5.74, 6) is 0.350. The van der Waals surface area contributed by atoms with Crippen LogP contribution in [0, 0.1) is 0 Å². The monoisotopic (exact) mass is 206 g/mol. The van der Waals surface area contributed by atoms with Gasteiger partial charge in [-0.3, -0.25) is 0 Å². The Kier molecular flexibility index (Phi) is 1.50. The lowest BCUT2D eigenvalue weighted by Gasteiger charge is -2.02. The van der Waals surface area contributed by atoms with Crippen LogP contribution >= 0.6 is 11.3 Å². The Balaban J connectivity index is 2.42. The van der Waals surface area contributed by atoms with E-state index < -0.39 is 0 Å². The van der Waals surface area contributed by atoms with Crippen LogP contribution in [0.2, 0.25) is 0 Å². The minimum absolute atomic E-state index is 0.350. The van der Waals surface area contributed by atoms with Crippen LogP contribution in [0.4, 0.5) is 5.13 Å². The SMILES string of the molecule is Nc1nc2c(O)c3c(cc2s1)CCC3. The summed E-state index contributed by atoms with van der Waals surface area (Å²) in [5, 5.41) is 10.5. The number of fused-ring (bicyclic) bond motifs is 2. The third kappa shape index (κ3) is 0.944. The summed E-state index contributed by atoms with van der Waals surface area (Å²) in [6.45, 7) is 0. The van der Waals surface area contributed by atoms with E-state index in [1.807, 2.05) is 0 Å². The van der Waals surface area contributed by atoms with E-state index in [2.05, 4.69) is 11.1 Å². The van der Waals surface area contributed by atoms with E-state index in [1.165, 1.54) is 16.9 Å². The molecule has 0 atom stereocenters. The molecular formula is C10H10N2OS. The highest BCUT2D eigenvalue weighted by Crippen LogP contribution is 2.39. The van der Waals surface area contributed by atoms with Crippen LogP contribution in [0.1, 0.15) is 17.5 Å². The summed E-state index contributed by atoms with van der Waals surface area (Å²) >= 11 is 1.44. The van der Waals surface area contributed by atoms with Crippen LogP contribution in [0.25, 0.3) is 10.2 Å². The van der Waals surface area contributed by atoms with Crippen LogP contribution in [0.3, 0.4) is 0 Å². The van der Waals surface area contributed by atoms with Gasteiger partial charge in [0.25, 0.3) is 0 Å². The van der Waals surface area contributed by atoms with E-state index in [-0.39, 0.29) is 0 Å². The quantitative estimate of drug-likeness (QED) is 0.693. The number of phenolic OH excluding ortho intramolecular Hbond substituents is 1. The first kappa shape index (κ1) is 8.05. The topological polar surface area (TPSA) is 59.1 Å². The first-order valence-corrected chi connectivity index (χ1v) is 5.47. The lowest BCUT2D eigenvalue weighted by atomic mass is 10.1. The second-order valence-corrected chi connectivity index (χ2v) is 4.68. The normalized spacial score (nSPS) is 14.9. The van der Waals surface area contributed by atoms with Crippen LogP contribution in [0.5, 0.6) is 5.75 Å². The number of benzene rings is 1. The van der Waals surface area contributed by atoms with Gasteiger partial charge in [-0.25, -0.2) is 4.98 Å². The molecule has 0 unspecified atom stereocenters. The average molecular weight is 206 g/mol. The average Bonchev–Trinajstić information content (AvgIpc) is 2.71. The molecule has 3 nitrogen and oxygen atoms in total. The summed E-state index contributed by atoms with van der Waals surface area (Å²) in [4.78, 5) is 4.14. The molecule has 1 aromatic heterocycles. The molecule has 0 aliphatic heterocycles. The van der Waals surface area contributed by atoms with Gasteiger partial charge >= 0.3 is 0 Å². The lowest BCUT2D eigenvalue weighted by molar-refractivity contribution is 0.474. The van der Waals surface area contributed by atoms with Crippen LogP contribution in [-0.2, 0) is 12.8 Å². The number of aryl methyl sites for hydroxylation is 1. The Morgan fingerprint density at radius 3 is 3.14 bits per heavy atom. The number of thiazole rings is 1. The Labute approximate surface area is 85.2 Å². The van der Waals surface area contributed by atoms with Crippen molar-refractivity contribution in [1.29, 1.82) is 0 Å². The fourth-order valence-electron chi connectivity index (χ4n) is 2.11. The van der Waals surface area contributed by atoms with Crippen LogP contribution < -0.4 is 5.73 Å². The summed E-state index contributed by atoms with van der Waals surface area (Å²) < 4.78 is 1.00. The van der Waals surface area contributed by atoms with Gasteiger partial charge in [0.2, 0.25) is 0 Å². The van der Waals surface area contributed by atoms with Gasteiger partial charge in [-0.05, 0) is 36.5 Å². The van der Waals surface area contributed by atoms with Crippen molar-refractivity contribution in [3.8, 4) is 5.75 Å². The fourth-order valence-corrected chi connectivity index (χ4v) is 2.92. The van der Waals surface area contributed by atoms with Gasteiger partial charge in [0.15, 0.2) is 5.13 Å². The first-order chi connectivity index (χ1) is 6.75. The Bertz CT molecular complexity index is 518. The molecule has 3 rings (SSSR count). The molecule has 1 heterocycles. The van der Waals surface area contributed by atoms with Gasteiger partial charge in [-0.2, -0.15) is 0 Å². The van der Waals surface area contributed by atoms with E-state index in [9.17, 15) is 5.11 Å². The molecule has 3 N–H and O–H groups in total. The zero-order valence-corrected chi connectivity index (χ0v) is 8.40. The van der Waals surface area contributed by atoms with Crippen molar-refractivity contribution >= 4 is 26.7 Å². The molecule has 2 aromatic rings. The van der Waals surface area contributed by atoms with Gasteiger partial charge in [0, 0.05) is 0 Å². The predicted molar refractivity (Wildman–Crippen MR) is 57.7 cm³/mol. The van der Waals surface area contributed by atoms with E-state index in [4.69, 9.17) is 5.73 Å². The van der Waals surface area contributed by atoms with Crippen molar-refractivity contribution < 1.29 is 5.11 Å². The molecule has 0 saturated heterocycles. The number of nitrogens with two attached hydrogens (primary N) is 1. The maximum Gasteiger partial charge on any atom is 0.181 e. The number of aromatic hydroxyl groups is 1. The third-order valence-corrected chi connectivity index (χ3v) is 3.58. The van der Waals surface area contributed by atoms with Crippen molar-refractivity contribution in [3.63, 3.8) is 0 Å². The summed E-state index contributed by atoms with van der Waals surface area (Å²) in [6, 6.07) is 2.12. The molecule has 0 fully saturated rings. The molecule has 1 aliphatic rings. The number of nitrogens with zero attached hydrogens (tertiary/aromatic N) is 1. The molecule has 4 heteroatoms. The highest BCUT2D eigenvalue weighted by molar-refractivity contribution is 7.22. The second-order valence-electron chi connectivity index (χ2n) is 3.62. The molecule has 0 spiro atoms. The minimum atomic E-state index is 0.350. The molecule has 0 amide bonds. The van der Waals surface area contributed by atoms with Crippen LogP contribution in [-0.4, -0.2) is 10.1 Å². The zero-order valence-electron chi connectivity index (χ0n) is 7.58.